The highest BCUT2D eigenvalue weighted by Gasteiger charge is 2.29. The van der Waals surface area contributed by atoms with E-state index in [-0.39, 0.29) is 22.5 Å². The molecule has 1 saturated heterocycles. The van der Waals surface area contributed by atoms with E-state index in [9.17, 15) is 22.4 Å². The number of hydrogen-bond acceptors (Lipinski definition) is 4. The summed E-state index contributed by atoms with van der Waals surface area (Å²) in [5, 5.41) is 3.24. The maximum atomic E-state index is 13.6. The standard InChI is InChI=1S/C22H24ClFN2O4S/c23-18-5-7-19(8-6-18)31(29,30)15-21(27)26-13-10-17(11-14-26)22(28)25-12-9-16-3-1-2-4-20(16)24/h1-8,17H,9-15H2,(H,25,28). The van der Waals surface area contributed by atoms with E-state index < -0.39 is 21.5 Å². The SMILES string of the molecule is O=C(NCCc1ccccc1F)C1CCN(C(=O)CS(=O)(=O)c2ccc(Cl)cc2)CC1. The number of nitrogens with one attached hydrogen (secondary N) is 1. The lowest BCUT2D eigenvalue weighted by molar-refractivity contribution is -0.133. The van der Waals surface area contributed by atoms with Crippen molar-refractivity contribution in [3.63, 3.8) is 0 Å². The molecule has 1 aliphatic heterocycles. The molecule has 6 nitrogen and oxygen atoms in total. The van der Waals surface area contributed by atoms with Crippen LogP contribution in [0.5, 0.6) is 0 Å². The number of amides is 2. The van der Waals surface area contributed by atoms with Crippen molar-refractivity contribution >= 4 is 33.3 Å². The Morgan fingerprint density at radius 1 is 1.06 bits per heavy atom. The molecule has 0 radical (unpaired) electrons. The zero-order valence-electron chi connectivity index (χ0n) is 16.9. The van der Waals surface area contributed by atoms with Crippen molar-refractivity contribution in [3.8, 4) is 0 Å². The van der Waals surface area contributed by atoms with Crippen LogP contribution in [0.15, 0.2) is 53.4 Å². The first-order valence-corrected chi connectivity index (χ1v) is 12.1. The molecule has 1 fully saturated rings. The van der Waals surface area contributed by atoms with Gasteiger partial charge in [0.25, 0.3) is 0 Å². The van der Waals surface area contributed by atoms with Crippen molar-refractivity contribution in [2.45, 2.75) is 24.2 Å². The van der Waals surface area contributed by atoms with Gasteiger partial charge in [0.1, 0.15) is 11.6 Å². The summed E-state index contributed by atoms with van der Waals surface area (Å²) in [4.78, 5) is 26.4. The Balaban J connectivity index is 1.45. The normalized spacial score (nSPS) is 15.0. The number of piperidine rings is 1. The van der Waals surface area contributed by atoms with Gasteiger partial charge >= 0.3 is 0 Å². The highest BCUT2D eigenvalue weighted by Crippen LogP contribution is 2.20. The van der Waals surface area contributed by atoms with Gasteiger partial charge < -0.3 is 10.2 Å². The maximum absolute atomic E-state index is 13.6. The lowest BCUT2D eigenvalue weighted by Crippen LogP contribution is -2.45. The van der Waals surface area contributed by atoms with E-state index in [0.717, 1.165) is 0 Å². The summed E-state index contributed by atoms with van der Waals surface area (Å²) in [5.74, 6) is -1.77. The average Bonchev–Trinajstić information content (AvgIpc) is 2.75. The first kappa shape index (κ1) is 23.2. The van der Waals surface area contributed by atoms with Crippen LogP contribution >= 0.6 is 11.6 Å². The molecule has 166 valence electrons. The van der Waals surface area contributed by atoms with Crippen LogP contribution in [0.25, 0.3) is 0 Å². The minimum Gasteiger partial charge on any atom is -0.356 e. The minimum absolute atomic E-state index is 0.0503. The predicted octanol–water partition coefficient (Wildman–Crippen LogP) is 2.85. The van der Waals surface area contributed by atoms with Gasteiger partial charge in [-0.25, -0.2) is 12.8 Å². The third-order valence-corrected chi connectivity index (χ3v) is 7.23. The van der Waals surface area contributed by atoms with Crippen LogP contribution in [0.4, 0.5) is 4.39 Å². The van der Waals surface area contributed by atoms with Crippen molar-refractivity contribution in [3.05, 3.63) is 64.9 Å². The molecule has 2 aromatic rings. The first-order chi connectivity index (χ1) is 14.8. The molecule has 3 rings (SSSR count). The molecular weight excluding hydrogens is 443 g/mol. The van der Waals surface area contributed by atoms with Crippen LogP contribution in [0.1, 0.15) is 18.4 Å². The van der Waals surface area contributed by atoms with Crippen LogP contribution < -0.4 is 5.32 Å². The topological polar surface area (TPSA) is 83.6 Å². The Kier molecular flexibility index (Phi) is 7.67. The Bertz CT molecular complexity index is 1040. The number of rotatable bonds is 7. The van der Waals surface area contributed by atoms with E-state index in [2.05, 4.69) is 5.32 Å². The number of hydrogen-bond donors (Lipinski definition) is 1. The van der Waals surface area contributed by atoms with E-state index in [1.165, 1.54) is 35.2 Å². The van der Waals surface area contributed by atoms with Gasteiger partial charge in [0.15, 0.2) is 9.84 Å². The zero-order chi connectivity index (χ0) is 22.4. The molecule has 0 spiro atoms. The Hall–Kier alpha value is -2.45. The quantitative estimate of drug-likeness (QED) is 0.680. The zero-order valence-corrected chi connectivity index (χ0v) is 18.5. The number of nitrogens with zero attached hydrogens (tertiary/aromatic N) is 1. The summed E-state index contributed by atoms with van der Waals surface area (Å²) in [7, 11) is -3.76. The van der Waals surface area contributed by atoms with Gasteiger partial charge in [0.2, 0.25) is 11.8 Å². The molecule has 0 aromatic heterocycles. The van der Waals surface area contributed by atoms with Crippen molar-refractivity contribution in [2.24, 2.45) is 5.92 Å². The molecule has 0 saturated carbocycles. The molecule has 9 heteroatoms. The highest BCUT2D eigenvalue weighted by molar-refractivity contribution is 7.92. The predicted molar refractivity (Wildman–Crippen MR) is 116 cm³/mol. The van der Waals surface area contributed by atoms with Crippen molar-refractivity contribution in [1.82, 2.24) is 10.2 Å². The summed E-state index contributed by atoms with van der Waals surface area (Å²) in [6, 6.07) is 12.1. The van der Waals surface area contributed by atoms with Crippen LogP contribution in [0, 0.1) is 11.7 Å². The van der Waals surface area contributed by atoms with E-state index >= 15 is 0 Å². The van der Waals surface area contributed by atoms with Gasteiger partial charge in [-0.3, -0.25) is 9.59 Å². The van der Waals surface area contributed by atoms with Crippen molar-refractivity contribution in [1.29, 1.82) is 0 Å². The molecule has 2 amide bonds. The van der Waals surface area contributed by atoms with Gasteiger partial charge in [0, 0.05) is 30.6 Å². The molecule has 2 aromatic carbocycles. The highest BCUT2D eigenvalue weighted by atomic mass is 35.5. The van der Waals surface area contributed by atoms with Gasteiger partial charge in [-0.15, -0.1) is 0 Å². The fourth-order valence-electron chi connectivity index (χ4n) is 3.54. The summed E-state index contributed by atoms with van der Waals surface area (Å²) < 4.78 is 38.5. The molecule has 0 atom stereocenters. The largest absolute Gasteiger partial charge is 0.356 e. The number of halogens is 2. The van der Waals surface area contributed by atoms with E-state index in [1.807, 2.05) is 0 Å². The first-order valence-electron chi connectivity index (χ1n) is 10.0. The monoisotopic (exact) mass is 466 g/mol. The lowest BCUT2D eigenvalue weighted by Gasteiger charge is -2.31. The Labute approximate surface area is 186 Å². The molecule has 31 heavy (non-hydrogen) atoms. The van der Waals surface area contributed by atoms with Gasteiger partial charge in [-0.05, 0) is 55.2 Å². The van der Waals surface area contributed by atoms with E-state index in [4.69, 9.17) is 11.6 Å². The summed E-state index contributed by atoms with van der Waals surface area (Å²) in [6.45, 7) is 0.971. The fraction of sp³-hybridized carbons (Fsp3) is 0.364. The molecule has 1 heterocycles. The number of carbonyl (C=O) groups excluding carboxylic acids is 2. The molecule has 1 aliphatic rings. The second kappa shape index (κ2) is 10.2. The third kappa shape index (κ3) is 6.27. The maximum Gasteiger partial charge on any atom is 0.238 e. The van der Waals surface area contributed by atoms with Gasteiger partial charge in [-0.1, -0.05) is 29.8 Å². The van der Waals surface area contributed by atoms with Gasteiger partial charge in [0.05, 0.1) is 4.90 Å². The van der Waals surface area contributed by atoms with Crippen molar-refractivity contribution < 1.29 is 22.4 Å². The molecule has 0 aliphatic carbocycles. The van der Waals surface area contributed by atoms with Crippen LogP contribution in [0.3, 0.4) is 0 Å². The second-order valence-electron chi connectivity index (χ2n) is 7.50. The second-order valence-corrected chi connectivity index (χ2v) is 9.93. The summed E-state index contributed by atoms with van der Waals surface area (Å²) in [5.41, 5.74) is 0.546. The molecule has 0 bridgehead atoms. The number of sulfone groups is 1. The third-order valence-electron chi connectivity index (χ3n) is 5.36. The smallest absolute Gasteiger partial charge is 0.238 e. The number of likely N-dealkylation sites (tertiary alicyclic amines) is 1. The van der Waals surface area contributed by atoms with Gasteiger partial charge in [-0.2, -0.15) is 0 Å². The molecule has 1 N–H and O–H groups in total. The minimum atomic E-state index is -3.76. The van der Waals surface area contributed by atoms with Crippen molar-refractivity contribution in [2.75, 3.05) is 25.4 Å². The van der Waals surface area contributed by atoms with E-state index in [0.29, 0.717) is 49.5 Å². The number of carbonyl (C=O) groups is 2. The lowest BCUT2D eigenvalue weighted by atomic mass is 9.96. The molecule has 0 unspecified atom stereocenters. The average molecular weight is 467 g/mol. The van der Waals surface area contributed by atoms with E-state index in [1.54, 1.807) is 18.2 Å². The fourth-order valence-corrected chi connectivity index (χ4v) is 4.89. The number of benzene rings is 2. The summed E-state index contributed by atoms with van der Waals surface area (Å²) >= 11 is 5.78. The van der Waals surface area contributed by atoms with Crippen LogP contribution in [-0.2, 0) is 25.8 Å². The van der Waals surface area contributed by atoms with Crippen LogP contribution in [0.2, 0.25) is 5.02 Å². The van der Waals surface area contributed by atoms with Crippen LogP contribution in [-0.4, -0.2) is 50.5 Å². The molecular formula is C22H24ClFN2O4S. The Morgan fingerprint density at radius 3 is 2.35 bits per heavy atom. The summed E-state index contributed by atoms with van der Waals surface area (Å²) in [6.07, 6.45) is 1.31. The Morgan fingerprint density at radius 2 is 1.71 bits per heavy atom.